The molecule has 3 saturated heterocycles. The van der Waals surface area contributed by atoms with E-state index in [-0.39, 0.29) is 23.6 Å². The molecule has 0 radical (unpaired) electrons. The lowest BCUT2D eigenvalue weighted by Crippen LogP contribution is -2.33. The van der Waals surface area contributed by atoms with Crippen LogP contribution in [-0.4, -0.2) is 24.3 Å². The van der Waals surface area contributed by atoms with Gasteiger partial charge in [-0.15, -0.1) is 0 Å². The molecule has 0 spiro atoms. The molecule has 0 aromatic heterocycles. The van der Waals surface area contributed by atoms with Crippen molar-refractivity contribution in [1.29, 1.82) is 0 Å². The van der Waals surface area contributed by atoms with Gasteiger partial charge in [-0.25, -0.2) is 0 Å². The third kappa shape index (κ3) is 0.966. The largest absolute Gasteiger partial charge is 0.459 e. The lowest BCUT2D eigenvalue weighted by molar-refractivity contribution is -0.147. The van der Waals surface area contributed by atoms with Gasteiger partial charge in [0.2, 0.25) is 0 Å². The minimum Gasteiger partial charge on any atom is -0.459 e. The van der Waals surface area contributed by atoms with Crippen LogP contribution in [-0.2, 0) is 14.3 Å². The number of rotatable bonds is 0. The zero-order chi connectivity index (χ0) is 9.64. The van der Waals surface area contributed by atoms with Crippen molar-refractivity contribution in [2.24, 2.45) is 5.41 Å². The zero-order valence-electron chi connectivity index (χ0n) is 8.37. The Kier molecular flexibility index (Phi) is 1.88. The maximum atomic E-state index is 11.3. The van der Waals surface area contributed by atoms with Gasteiger partial charge in [-0.2, -0.15) is 0 Å². The fourth-order valence-electron chi connectivity index (χ4n) is 2.60. The second-order valence-corrected chi connectivity index (χ2v) is 3.98. The summed E-state index contributed by atoms with van der Waals surface area (Å²) in [5.41, 5.74) is -0.298. The Labute approximate surface area is 78.4 Å². The van der Waals surface area contributed by atoms with Crippen molar-refractivity contribution in [2.45, 2.75) is 51.9 Å². The molecule has 0 aliphatic carbocycles. The van der Waals surface area contributed by atoms with E-state index in [1.165, 1.54) is 0 Å². The summed E-state index contributed by atoms with van der Waals surface area (Å²) >= 11 is 0. The number of fused-ring (bicyclic) bond motifs is 1. The van der Waals surface area contributed by atoms with Crippen LogP contribution < -0.4 is 0 Å². The highest BCUT2D eigenvalue weighted by atomic mass is 16.6. The molecular weight excluding hydrogens is 168 g/mol. The monoisotopic (exact) mass is 184 g/mol. The number of hydrogen-bond donors (Lipinski definition) is 0. The predicted octanol–water partition coefficient (Wildman–Crippen LogP) is 1.51. The van der Waals surface area contributed by atoms with Gasteiger partial charge in [-0.3, -0.25) is 4.79 Å². The summed E-state index contributed by atoms with van der Waals surface area (Å²) in [4.78, 5) is 11.3. The molecule has 0 amide bonds. The second-order valence-electron chi connectivity index (χ2n) is 3.98. The fourth-order valence-corrected chi connectivity index (χ4v) is 2.60. The number of esters is 1. The summed E-state index contributed by atoms with van der Waals surface area (Å²) in [5, 5.41) is 0. The molecule has 13 heavy (non-hydrogen) atoms. The maximum absolute atomic E-state index is 11.3. The summed E-state index contributed by atoms with van der Waals surface area (Å²) in [6.07, 6.45) is 2.23. The lowest BCUT2D eigenvalue weighted by Gasteiger charge is -2.18. The molecule has 3 aliphatic rings. The summed E-state index contributed by atoms with van der Waals surface area (Å²) < 4.78 is 10.8. The minimum absolute atomic E-state index is 0.0486. The molecule has 3 heteroatoms. The zero-order valence-corrected chi connectivity index (χ0v) is 8.37. The topological polar surface area (TPSA) is 35.5 Å². The summed E-state index contributed by atoms with van der Waals surface area (Å²) in [6, 6.07) is 0. The molecule has 3 heterocycles. The van der Waals surface area contributed by atoms with Gasteiger partial charge in [0, 0.05) is 6.42 Å². The van der Waals surface area contributed by atoms with E-state index in [0.717, 1.165) is 12.8 Å². The van der Waals surface area contributed by atoms with Gasteiger partial charge in [0.1, 0.15) is 12.2 Å². The first-order valence-electron chi connectivity index (χ1n) is 5.07. The highest BCUT2D eigenvalue weighted by molar-refractivity contribution is 5.81. The van der Waals surface area contributed by atoms with E-state index in [0.29, 0.717) is 6.10 Å². The van der Waals surface area contributed by atoms with Crippen molar-refractivity contribution in [2.75, 3.05) is 0 Å². The summed E-state index contributed by atoms with van der Waals surface area (Å²) in [6.45, 7) is 5.96. The lowest BCUT2D eigenvalue weighted by atomic mass is 9.77. The number of carbonyl (C=O) groups is 1. The average molecular weight is 184 g/mol. The van der Waals surface area contributed by atoms with Crippen LogP contribution >= 0.6 is 0 Å². The number of ether oxygens (including phenoxy) is 2. The Bertz CT molecular complexity index is 238. The van der Waals surface area contributed by atoms with E-state index in [1.54, 1.807) is 0 Å². The molecule has 3 nitrogen and oxygen atoms in total. The normalized spacial score (nSPS) is 50.1. The molecule has 3 rings (SSSR count). The molecule has 0 aromatic carbocycles. The first kappa shape index (κ1) is 9.00. The molecule has 3 fully saturated rings. The summed E-state index contributed by atoms with van der Waals surface area (Å²) in [5.74, 6) is -0.0486. The maximum Gasteiger partial charge on any atom is 0.315 e. The van der Waals surface area contributed by atoms with Gasteiger partial charge in [0.05, 0.1) is 11.5 Å². The quantitative estimate of drug-likeness (QED) is 0.535. The van der Waals surface area contributed by atoms with E-state index in [4.69, 9.17) is 9.47 Å². The van der Waals surface area contributed by atoms with Crippen LogP contribution in [0.2, 0.25) is 0 Å². The molecule has 0 aromatic rings. The highest BCUT2D eigenvalue weighted by Gasteiger charge is 2.65. The van der Waals surface area contributed by atoms with Crippen LogP contribution in [0.1, 0.15) is 33.6 Å². The fraction of sp³-hybridized carbons (Fsp3) is 0.900. The van der Waals surface area contributed by atoms with E-state index >= 15 is 0 Å². The van der Waals surface area contributed by atoms with Crippen molar-refractivity contribution in [3.8, 4) is 0 Å². The van der Waals surface area contributed by atoms with Crippen LogP contribution in [0.5, 0.6) is 0 Å². The van der Waals surface area contributed by atoms with Gasteiger partial charge in [0.15, 0.2) is 0 Å². The summed E-state index contributed by atoms with van der Waals surface area (Å²) in [7, 11) is 0. The Morgan fingerprint density at radius 1 is 1.46 bits per heavy atom. The van der Waals surface area contributed by atoms with Crippen molar-refractivity contribution in [3.05, 3.63) is 0 Å². The van der Waals surface area contributed by atoms with Gasteiger partial charge in [0.25, 0.3) is 0 Å². The Morgan fingerprint density at radius 3 is 2.62 bits per heavy atom. The molecule has 0 N–H and O–H groups in total. The smallest absolute Gasteiger partial charge is 0.315 e. The van der Waals surface area contributed by atoms with E-state index < -0.39 is 0 Å². The van der Waals surface area contributed by atoms with E-state index in [2.05, 4.69) is 0 Å². The SMILES string of the molecule is CC.CC12CC3CC(OC1=O)C2O3. The Morgan fingerprint density at radius 2 is 2.15 bits per heavy atom. The van der Waals surface area contributed by atoms with Crippen LogP contribution in [0.3, 0.4) is 0 Å². The van der Waals surface area contributed by atoms with Gasteiger partial charge >= 0.3 is 5.97 Å². The van der Waals surface area contributed by atoms with Gasteiger partial charge < -0.3 is 9.47 Å². The molecule has 4 atom stereocenters. The van der Waals surface area contributed by atoms with Crippen molar-refractivity contribution in [3.63, 3.8) is 0 Å². The highest BCUT2D eigenvalue weighted by Crippen LogP contribution is 2.53. The van der Waals surface area contributed by atoms with Crippen molar-refractivity contribution in [1.82, 2.24) is 0 Å². The van der Waals surface area contributed by atoms with Gasteiger partial charge in [-0.1, -0.05) is 13.8 Å². The van der Waals surface area contributed by atoms with Crippen LogP contribution in [0.4, 0.5) is 0 Å². The predicted molar refractivity (Wildman–Crippen MR) is 47.2 cm³/mol. The van der Waals surface area contributed by atoms with Gasteiger partial charge in [-0.05, 0) is 13.3 Å². The number of carbonyl (C=O) groups excluding carboxylic acids is 1. The first-order chi connectivity index (χ1) is 6.20. The molecule has 4 unspecified atom stereocenters. The molecule has 0 saturated carbocycles. The minimum atomic E-state index is -0.298. The van der Waals surface area contributed by atoms with Crippen molar-refractivity contribution < 1.29 is 14.3 Å². The van der Waals surface area contributed by atoms with E-state index in [1.807, 2.05) is 20.8 Å². The Hall–Kier alpha value is -0.570. The molecule has 3 aliphatic heterocycles. The van der Waals surface area contributed by atoms with Crippen LogP contribution in [0.15, 0.2) is 0 Å². The molecule has 74 valence electrons. The third-order valence-electron chi connectivity index (χ3n) is 3.18. The molecule has 2 bridgehead atoms. The second kappa shape index (κ2) is 2.71. The Balaban J connectivity index is 0.000000308. The van der Waals surface area contributed by atoms with Crippen LogP contribution in [0, 0.1) is 5.41 Å². The standard InChI is InChI=1S/C8H10O3.C2H6/c1-8-3-4-2-5(6(8)10-4)11-7(8)9;1-2/h4-6H,2-3H2,1H3;1-2H3. The first-order valence-corrected chi connectivity index (χ1v) is 5.07. The molecular formula is C10H16O3. The average Bonchev–Trinajstić information content (AvgIpc) is 2.67. The van der Waals surface area contributed by atoms with Crippen LogP contribution in [0.25, 0.3) is 0 Å². The van der Waals surface area contributed by atoms with E-state index in [9.17, 15) is 4.79 Å². The number of hydrogen-bond acceptors (Lipinski definition) is 3. The van der Waals surface area contributed by atoms with Crippen molar-refractivity contribution >= 4 is 5.97 Å². The third-order valence-corrected chi connectivity index (χ3v) is 3.18.